The lowest BCUT2D eigenvalue weighted by molar-refractivity contribution is 0.857. The zero-order valence-corrected chi connectivity index (χ0v) is 11.1. The first-order valence-electron chi connectivity index (χ1n) is 5.00. The summed E-state index contributed by atoms with van der Waals surface area (Å²) in [7, 11) is 3.66. The van der Waals surface area contributed by atoms with Gasteiger partial charge in [0.1, 0.15) is 0 Å². The van der Waals surface area contributed by atoms with Crippen molar-refractivity contribution in [3.05, 3.63) is 27.7 Å². The molecule has 0 amide bonds. The summed E-state index contributed by atoms with van der Waals surface area (Å²) in [5.74, 6) is 1.03. The Morgan fingerprint density at radius 3 is 2.88 bits per heavy atom. The molecule has 2 aromatic heterocycles. The maximum absolute atomic E-state index is 5.83. The molecule has 0 aliphatic rings. The van der Waals surface area contributed by atoms with Gasteiger partial charge in [0.2, 0.25) is 17.2 Å². The van der Waals surface area contributed by atoms with Gasteiger partial charge in [0, 0.05) is 20.6 Å². The third-order valence-electron chi connectivity index (χ3n) is 2.16. The van der Waals surface area contributed by atoms with E-state index in [1.807, 2.05) is 17.3 Å². The molecule has 17 heavy (non-hydrogen) atoms. The quantitative estimate of drug-likeness (QED) is 0.923. The van der Waals surface area contributed by atoms with Crippen LogP contribution in [0.15, 0.2) is 16.8 Å². The Kier molecular flexibility index (Phi) is 3.75. The van der Waals surface area contributed by atoms with E-state index in [9.17, 15) is 0 Å². The molecular weight excluding hydrogens is 258 g/mol. The van der Waals surface area contributed by atoms with E-state index in [-0.39, 0.29) is 5.28 Å². The van der Waals surface area contributed by atoms with Gasteiger partial charge in [0.05, 0.1) is 0 Å². The Morgan fingerprint density at radius 1 is 1.41 bits per heavy atom. The van der Waals surface area contributed by atoms with Crippen LogP contribution in [0.1, 0.15) is 5.56 Å². The fourth-order valence-electron chi connectivity index (χ4n) is 1.35. The first-order chi connectivity index (χ1) is 8.19. The van der Waals surface area contributed by atoms with Crippen molar-refractivity contribution in [2.45, 2.75) is 6.54 Å². The first-order valence-corrected chi connectivity index (χ1v) is 6.32. The molecular formula is C10H12ClN5S. The van der Waals surface area contributed by atoms with Gasteiger partial charge in [0.25, 0.3) is 0 Å². The molecule has 0 radical (unpaired) electrons. The summed E-state index contributed by atoms with van der Waals surface area (Å²) in [5.41, 5.74) is 1.22. The second-order valence-corrected chi connectivity index (χ2v) is 4.58. The highest BCUT2D eigenvalue weighted by atomic mass is 35.5. The molecule has 0 fully saturated rings. The predicted molar refractivity (Wildman–Crippen MR) is 70.8 cm³/mol. The molecule has 5 nitrogen and oxygen atoms in total. The second kappa shape index (κ2) is 5.29. The molecule has 0 aliphatic heterocycles. The summed E-state index contributed by atoms with van der Waals surface area (Å²) < 4.78 is 0. The van der Waals surface area contributed by atoms with Crippen LogP contribution in [0.25, 0.3) is 0 Å². The number of thiophene rings is 1. The van der Waals surface area contributed by atoms with E-state index in [1.54, 1.807) is 18.4 Å². The van der Waals surface area contributed by atoms with E-state index in [0.717, 1.165) is 6.54 Å². The number of halogens is 1. The number of hydrogen-bond donors (Lipinski definition) is 1. The fourth-order valence-corrected chi connectivity index (χ4v) is 2.16. The molecule has 7 heteroatoms. The van der Waals surface area contributed by atoms with E-state index in [0.29, 0.717) is 11.9 Å². The average molecular weight is 270 g/mol. The van der Waals surface area contributed by atoms with Gasteiger partial charge in [0.15, 0.2) is 0 Å². The van der Waals surface area contributed by atoms with Crippen LogP contribution < -0.4 is 10.2 Å². The van der Waals surface area contributed by atoms with Crippen molar-refractivity contribution in [2.75, 3.05) is 24.3 Å². The molecule has 0 bridgehead atoms. The van der Waals surface area contributed by atoms with Crippen molar-refractivity contribution in [3.63, 3.8) is 0 Å². The summed E-state index contributed by atoms with van der Waals surface area (Å²) in [6, 6.07) is 2.07. The van der Waals surface area contributed by atoms with Gasteiger partial charge in [-0.2, -0.15) is 26.3 Å². The maximum atomic E-state index is 5.83. The van der Waals surface area contributed by atoms with Gasteiger partial charge in [-0.1, -0.05) is 0 Å². The molecule has 2 heterocycles. The lowest BCUT2D eigenvalue weighted by Crippen LogP contribution is -2.19. The Hall–Kier alpha value is -1.40. The van der Waals surface area contributed by atoms with Crippen molar-refractivity contribution < 1.29 is 0 Å². The number of nitrogens with one attached hydrogen (secondary N) is 1. The Morgan fingerprint density at radius 2 is 2.24 bits per heavy atom. The van der Waals surface area contributed by atoms with Gasteiger partial charge in [-0.15, -0.1) is 0 Å². The Bertz CT molecular complexity index is 487. The highest BCUT2D eigenvalue weighted by Crippen LogP contribution is 2.15. The van der Waals surface area contributed by atoms with E-state index < -0.39 is 0 Å². The molecule has 0 spiro atoms. The molecule has 0 unspecified atom stereocenters. The summed E-state index contributed by atoms with van der Waals surface area (Å²) in [4.78, 5) is 14.2. The number of aromatic nitrogens is 3. The molecule has 0 saturated heterocycles. The van der Waals surface area contributed by atoms with Crippen molar-refractivity contribution in [1.29, 1.82) is 0 Å². The van der Waals surface area contributed by atoms with Crippen LogP contribution in [0, 0.1) is 0 Å². The minimum Gasteiger partial charge on any atom is -0.357 e. The summed E-state index contributed by atoms with van der Waals surface area (Å²) in [6.45, 7) is 0.743. The van der Waals surface area contributed by atoms with Gasteiger partial charge in [-0.05, 0) is 34.0 Å². The Balaban J connectivity index is 2.18. The smallest absolute Gasteiger partial charge is 0.231 e. The fraction of sp³-hybridized carbons (Fsp3) is 0.300. The van der Waals surface area contributed by atoms with Gasteiger partial charge >= 0.3 is 0 Å². The normalized spacial score (nSPS) is 10.3. The topological polar surface area (TPSA) is 53.9 Å². The number of rotatable bonds is 4. The molecule has 90 valence electrons. The second-order valence-electron chi connectivity index (χ2n) is 3.47. The third-order valence-corrected chi connectivity index (χ3v) is 3.06. The standard InChI is InChI=1S/C10H12ClN5S/c1-12-9-13-8(11)14-10(15-9)16(2)5-7-3-4-17-6-7/h3-4,6H,5H2,1-2H3,(H,12,13,14,15). The Labute approximate surface area is 108 Å². The van der Waals surface area contributed by atoms with Crippen LogP contribution in [0.4, 0.5) is 11.9 Å². The van der Waals surface area contributed by atoms with E-state index in [1.165, 1.54) is 5.56 Å². The third kappa shape index (κ3) is 3.04. The lowest BCUT2D eigenvalue weighted by Gasteiger charge is -2.16. The van der Waals surface area contributed by atoms with Gasteiger partial charge in [-0.25, -0.2) is 0 Å². The van der Waals surface area contributed by atoms with Crippen molar-refractivity contribution in [3.8, 4) is 0 Å². The van der Waals surface area contributed by atoms with E-state index in [4.69, 9.17) is 11.6 Å². The zero-order valence-electron chi connectivity index (χ0n) is 9.51. The number of anilines is 2. The van der Waals surface area contributed by atoms with E-state index in [2.05, 4.69) is 31.7 Å². The number of nitrogens with zero attached hydrogens (tertiary/aromatic N) is 4. The summed E-state index contributed by atoms with van der Waals surface area (Å²) in [5, 5.41) is 7.18. The molecule has 2 aromatic rings. The SMILES string of the molecule is CNc1nc(Cl)nc(N(C)Cc2ccsc2)n1. The van der Waals surface area contributed by atoms with Gasteiger partial charge < -0.3 is 10.2 Å². The molecule has 0 aromatic carbocycles. The van der Waals surface area contributed by atoms with E-state index >= 15 is 0 Å². The first kappa shape index (κ1) is 12.1. The molecule has 0 saturated carbocycles. The van der Waals surface area contributed by atoms with Crippen molar-refractivity contribution >= 4 is 34.8 Å². The minimum atomic E-state index is 0.191. The van der Waals surface area contributed by atoms with Crippen LogP contribution in [-0.4, -0.2) is 29.0 Å². The van der Waals surface area contributed by atoms with Crippen molar-refractivity contribution in [2.24, 2.45) is 0 Å². The lowest BCUT2D eigenvalue weighted by atomic mass is 10.3. The molecule has 0 aliphatic carbocycles. The van der Waals surface area contributed by atoms with Crippen LogP contribution in [0.3, 0.4) is 0 Å². The predicted octanol–water partition coefficient (Wildman–Crippen LogP) is 2.26. The largest absolute Gasteiger partial charge is 0.357 e. The summed E-state index contributed by atoms with van der Waals surface area (Å²) in [6.07, 6.45) is 0. The molecule has 2 rings (SSSR count). The zero-order chi connectivity index (χ0) is 12.3. The monoisotopic (exact) mass is 269 g/mol. The number of hydrogen-bond acceptors (Lipinski definition) is 6. The van der Waals surface area contributed by atoms with Crippen LogP contribution in [-0.2, 0) is 6.54 Å². The highest BCUT2D eigenvalue weighted by molar-refractivity contribution is 7.07. The molecule has 0 atom stereocenters. The molecule has 1 N–H and O–H groups in total. The minimum absolute atomic E-state index is 0.191. The summed E-state index contributed by atoms with van der Waals surface area (Å²) >= 11 is 7.50. The highest BCUT2D eigenvalue weighted by Gasteiger charge is 2.09. The van der Waals surface area contributed by atoms with Crippen molar-refractivity contribution in [1.82, 2.24) is 15.0 Å². The average Bonchev–Trinajstić information content (AvgIpc) is 2.81. The van der Waals surface area contributed by atoms with Crippen LogP contribution in [0.5, 0.6) is 0 Å². The van der Waals surface area contributed by atoms with Crippen LogP contribution >= 0.6 is 22.9 Å². The van der Waals surface area contributed by atoms with Crippen LogP contribution in [0.2, 0.25) is 5.28 Å². The van der Waals surface area contributed by atoms with Gasteiger partial charge in [-0.3, -0.25) is 0 Å². The maximum Gasteiger partial charge on any atom is 0.231 e.